The molecule has 11 heavy (non-hydrogen) atoms. The molecule has 0 radical (unpaired) electrons. The van der Waals surface area contributed by atoms with E-state index in [2.05, 4.69) is 26.1 Å². The lowest BCUT2D eigenvalue weighted by Crippen LogP contribution is -2.33. The van der Waals surface area contributed by atoms with Gasteiger partial charge in [-0.25, -0.2) is 0 Å². The molecule has 0 amide bonds. The maximum atomic E-state index is 3.59. The Morgan fingerprint density at radius 1 is 1.45 bits per heavy atom. The highest BCUT2D eigenvalue weighted by Crippen LogP contribution is 2.24. The van der Waals surface area contributed by atoms with Crippen LogP contribution in [-0.2, 0) is 0 Å². The minimum atomic E-state index is 0.819. The van der Waals surface area contributed by atoms with E-state index in [0.29, 0.717) is 0 Å². The van der Waals surface area contributed by atoms with Gasteiger partial charge in [0, 0.05) is 6.04 Å². The van der Waals surface area contributed by atoms with Crippen LogP contribution in [0.4, 0.5) is 0 Å². The van der Waals surface area contributed by atoms with Gasteiger partial charge in [0.05, 0.1) is 0 Å². The first-order chi connectivity index (χ1) is 5.25. The lowest BCUT2D eigenvalue weighted by molar-refractivity contribution is 0.289. The van der Waals surface area contributed by atoms with Crippen molar-refractivity contribution in [1.29, 1.82) is 0 Å². The van der Waals surface area contributed by atoms with Crippen LogP contribution >= 0.6 is 0 Å². The molecule has 1 aliphatic rings. The van der Waals surface area contributed by atoms with E-state index < -0.39 is 0 Å². The van der Waals surface area contributed by atoms with Crippen molar-refractivity contribution in [1.82, 2.24) is 5.32 Å². The number of rotatable bonds is 3. The van der Waals surface area contributed by atoms with E-state index in [9.17, 15) is 0 Å². The second-order valence-electron chi connectivity index (χ2n) is 4.02. The van der Waals surface area contributed by atoms with Crippen LogP contribution in [0.2, 0.25) is 0 Å². The summed E-state index contributed by atoms with van der Waals surface area (Å²) in [5, 5.41) is 3.59. The van der Waals surface area contributed by atoms with Gasteiger partial charge in [-0.3, -0.25) is 0 Å². The molecule has 2 atom stereocenters. The van der Waals surface area contributed by atoms with Gasteiger partial charge >= 0.3 is 0 Å². The van der Waals surface area contributed by atoms with Crippen molar-refractivity contribution in [3.8, 4) is 0 Å². The molecule has 1 fully saturated rings. The Kier molecular flexibility index (Phi) is 3.38. The first kappa shape index (κ1) is 9.05. The quantitative estimate of drug-likeness (QED) is 0.660. The van der Waals surface area contributed by atoms with E-state index in [0.717, 1.165) is 17.9 Å². The molecular weight excluding hydrogens is 134 g/mol. The van der Waals surface area contributed by atoms with Gasteiger partial charge in [-0.1, -0.05) is 27.2 Å². The Morgan fingerprint density at radius 2 is 2.18 bits per heavy atom. The third-order valence-corrected chi connectivity index (χ3v) is 2.94. The minimum Gasteiger partial charge on any atom is -0.314 e. The van der Waals surface area contributed by atoms with E-state index in [1.54, 1.807) is 0 Å². The van der Waals surface area contributed by atoms with Gasteiger partial charge in [-0.2, -0.15) is 0 Å². The van der Waals surface area contributed by atoms with Gasteiger partial charge in [0.25, 0.3) is 0 Å². The standard InChI is InChI=1S/C10H21N/c1-4-9(8(2)3)10-6-5-7-11-10/h8-11H,4-7H2,1-3H3/t9?,10-/m0/s1. The predicted molar refractivity (Wildman–Crippen MR) is 49.6 cm³/mol. The summed E-state index contributed by atoms with van der Waals surface area (Å²) in [5.41, 5.74) is 0. The van der Waals surface area contributed by atoms with Gasteiger partial charge in [0.2, 0.25) is 0 Å². The maximum absolute atomic E-state index is 3.59. The fraction of sp³-hybridized carbons (Fsp3) is 1.00. The van der Waals surface area contributed by atoms with Crippen LogP contribution in [0, 0.1) is 11.8 Å². The van der Waals surface area contributed by atoms with Crippen LogP contribution in [0.1, 0.15) is 40.0 Å². The summed E-state index contributed by atoms with van der Waals surface area (Å²) in [6.45, 7) is 8.24. The number of hydrogen-bond acceptors (Lipinski definition) is 1. The van der Waals surface area contributed by atoms with Crippen LogP contribution in [0.25, 0.3) is 0 Å². The molecule has 0 aromatic heterocycles. The molecule has 0 saturated carbocycles. The number of hydrogen-bond donors (Lipinski definition) is 1. The zero-order valence-corrected chi connectivity index (χ0v) is 8.06. The summed E-state index contributed by atoms with van der Waals surface area (Å²) >= 11 is 0. The largest absolute Gasteiger partial charge is 0.314 e. The predicted octanol–water partition coefficient (Wildman–Crippen LogP) is 2.42. The monoisotopic (exact) mass is 155 g/mol. The average molecular weight is 155 g/mol. The van der Waals surface area contributed by atoms with E-state index in [-0.39, 0.29) is 0 Å². The average Bonchev–Trinajstić information content (AvgIpc) is 2.40. The molecule has 1 heteroatoms. The molecule has 0 spiro atoms. The summed E-state index contributed by atoms with van der Waals surface area (Å²) in [6, 6.07) is 0.819. The molecule has 1 heterocycles. The highest BCUT2D eigenvalue weighted by atomic mass is 14.9. The van der Waals surface area contributed by atoms with Crippen molar-refractivity contribution < 1.29 is 0 Å². The molecular formula is C10H21N. The summed E-state index contributed by atoms with van der Waals surface area (Å²) < 4.78 is 0. The molecule has 1 N–H and O–H groups in total. The van der Waals surface area contributed by atoms with Gasteiger partial charge in [0.15, 0.2) is 0 Å². The van der Waals surface area contributed by atoms with Crippen molar-refractivity contribution in [2.75, 3.05) is 6.54 Å². The first-order valence-electron chi connectivity index (χ1n) is 4.99. The summed E-state index contributed by atoms with van der Waals surface area (Å²) in [7, 11) is 0. The SMILES string of the molecule is CCC(C(C)C)[C@@H]1CCCN1. The molecule has 0 aliphatic carbocycles. The van der Waals surface area contributed by atoms with Crippen LogP contribution in [-0.4, -0.2) is 12.6 Å². The highest BCUT2D eigenvalue weighted by Gasteiger charge is 2.24. The lowest BCUT2D eigenvalue weighted by Gasteiger charge is -2.25. The Bertz CT molecular complexity index is 103. The van der Waals surface area contributed by atoms with Crippen molar-refractivity contribution in [2.24, 2.45) is 11.8 Å². The minimum absolute atomic E-state index is 0.819. The van der Waals surface area contributed by atoms with Gasteiger partial charge < -0.3 is 5.32 Å². The normalized spacial score (nSPS) is 27.8. The fourth-order valence-corrected chi connectivity index (χ4v) is 2.30. The highest BCUT2D eigenvalue weighted by molar-refractivity contribution is 4.82. The number of nitrogens with one attached hydrogen (secondary N) is 1. The second kappa shape index (κ2) is 4.10. The molecule has 1 unspecified atom stereocenters. The van der Waals surface area contributed by atoms with E-state index >= 15 is 0 Å². The topological polar surface area (TPSA) is 12.0 Å². The molecule has 1 nitrogen and oxygen atoms in total. The van der Waals surface area contributed by atoms with Crippen LogP contribution in [0.5, 0.6) is 0 Å². The second-order valence-corrected chi connectivity index (χ2v) is 4.02. The van der Waals surface area contributed by atoms with Crippen molar-refractivity contribution in [2.45, 2.75) is 46.1 Å². The lowest BCUT2D eigenvalue weighted by atomic mass is 9.85. The van der Waals surface area contributed by atoms with E-state index in [1.807, 2.05) is 0 Å². The van der Waals surface area contributed by atoms with Gasteiger partial charge in [-0.15, -0.1) is 0 Å². The molecule has 1 saturated heterocycles. The van der Waals surface area contributed by atoms with Crippen molar-refractivity contribution >= 4 is 0 Å². The van der Waals surface area contributed by atoms with Crippen LogP contribution in [0.15, 0.2) is 0 Å². The van der Waals surface area contributed by atoms with Gasteiger partial charge in [0.1, 0.15) is 0 Å². The maximum Gasteiger partial charge on any atom is 0.00981 e. The Balaban J connectivity index is 2.40. The molecule has 66 valence electrons. The smallest absolute Gasteiger partial charge is 0.00981 e. The molecule has 0 aromatic rings. The summed E-state index contributed by atoms with van der Waals surface area (Å²) in [6.07, 6.45) is 4.11. The van der Waals surface area contributed by atoms with Gasteiger partial charge in [-0.05, 0) is 31.2 Å². The molecule has 0 bridgehead atoms. The summed E-state index contributed by atoms with van der Waals surface area (Å²) in [5.74, 6) is 1.74. The molecule has 1 rings (SSSR count). The zero-order chi connectivity index (χ0) is 8.27. The van der Waals surface area contributed by atoms with Crippen molar-refractivity contribution in [3.05, 3.63) is 0 Å². The Hall–Kier alpha value is -0.0400. The Labute approximate surface area is 70.6 Å². The summed E-state index contributed by atoms with van der Waals surface area (Å²) in [4.78, 5) is 0. The third-order valence-electron chi connectivity index (χ3n) is 2.94. The Morgan fingerprint density at radius 3 is 2.55 bits per heavy atom. The molecule has 0 aromatic carbocycles. The zero-order valence-electron chi connectivity index (χ0n) is 8.06. The van der Waals surface area contributed by atoms with Crippen LogP contribution < -0.4 is 5.32 Å². The van der Waals surface area contributed by atoms with Crippen LogP contribution in [0.3, 0.4) is 0 Å². The first-order valence-corrected chi connectivity index (χ1v) is 4.99. The fourth-order valence-electron chi connectivity index (χ4n) is 2.30. The van der Waals surface area contributed by atoms with E-state index in [1.165, 1.54) is 25.8 Å². The third kappa shape index (κ3) is 2.19. The van der Waals surface area contributed by atoms with Crippen molar-refractivity contribution in [3.63, 3.8) is 0 Å². The van der Waals surface area contributed by atoms with E-state index in [4.69, 9.17) is 0 Å². The molecule has 1 aliphatic heterocycles.